The van der Waals surface area contributed by atoms with Crippen LogP contribution in [-0.2, 0) is 10.5 Å². The van der Waals surface area contributed by atoms with Crippen LogP contribution in [0.4, 0.5) is 0 Å². The average molecular weight is 259 g/mol. The maximum absolute atomic E-state index is 11.4. The number of hydrogen-bond acceptors (Lipinski definition) is 5. The van der Waals surface area contributed by atoms with Crippen molar-refractivity contribution in [2.45, 2.75) is 26.5 Å². The van der Waals surface area contributed by atoms with E-state index in [2.05, 4.69) is 18.8 Å². The van der Waals surface area contributed by atoms with Crippen LogP contribution in [0.25, 0.3) is 0 Å². The summed E-state index contributed by atoms with van der Waals surface area (Å²) in [6, 6.07) is 0. The molecule has 0 aromatic carbocycles. The number of thioether (sulfide) groups is 1. The summed E-state index contributed by atoms with van der Waals surface area (Å²) in [5.41, 5.74) is 0.775. The van der Waals surface area contributed by atoms with Gasteiger partial charge in [-0.15, -0.1) is 11.3 Å². The number of rotatable bonds is 5. The van der Waals surface area contributed by atoms with Crippen LogP contribution in [0.3, 0.4) is 0 Å². The molecule has 0 radical (unpaired) electrons. The topological polar surface area (TPSA) is 39.2 Å². The van der Waals surface area contributed by atoms with Gasteiger partial charge in [0.05, 0.1) is 12.8 Å². The van der Waals surface area contributed by atoms with Gasteiger partial charge in [0.1, 0.15) is 9.88 Å². The van der Waals surface area contributed by atoms with Gasteiger partial charge in [-0.1, -0.05) is 13.8 Å². The second-order valence-corrected chi connectivity index (χ2v) is 6.04. The fourth-order valence-electron chi connectivity index (χ4n) is 1.18. The summed E-state index contributed by atoms with van der Waals surface area (Å²) < 4.78 is 4.70. The Morgan fingerprint density at radius 3 is 2.81 bits per heavy atom. The van der Waals surface area contributed by atoms with E-state index in [-0.39, 0.29) is 5.97 Å². The number of aromatic nitrogens is 1. The third-order valence-electron chi connectivity index (χ3n) is 1.89. The van der Waals surface area contributed by atoms with Crippen molar-refractivity contribution in [2.24, 2.45) is 5.92 Å². The van der Waals surface area contributed by atoms with Crippen LogP contribution >= 0.6 is 23.1 Å². The SMILES string of the molecule is COC(=O)c1sc(CSCC(C)C)nc1C. The Kier molecular flexibility index (Phi) is 5.28. The predicted octanol–water partition coefficient (Wildman–Crippen LogP) is 3.13. The molecule has 1 aromatic heterocycles. The second-order valence-electron chi connectivity index (χ2n) is 3.92. The molecule has 16 heavy (non-hydrogen) atoms. The summed E-state index contributed by atoms with van der Waals surface area (Å²) in [7, 11) is 1.40. The summed E-state index contributed by atoms with van der Waals surface area (Å²) in [4.78, 5) is 16.4. The highest BCUT2D eigenvalue weighted by atomic mass is 32.2. The Morgan fingerprint density at radius 1 is 1.56 bits per heavy atom. The molecule has 90 valence electrons. The fourth-order valence-corrected chi connectivity index (χ4v) is 3.27. The number of nitrogens with zero attached hydrogens (tertiary/aromatic N) is 1. The van der Waals surface area contributed by atoms with Crippen molar-refractivity contribution < 1.29 is 9.53 Å². The van der Waals surface area contributed by atoms with Crippen LogP contribution in [0.15, 0.2) is 0 Å². The van der Waals surface area contributed by atoms with E-state index in [9.17, 15) is 4.79 Å². The smallest absolute Gasteiger partial charge is 0.349 e. The third-order valence-corrected chi connectivity index (χ3v) is 4.59. The zero-order chi connectivity index (χ0) is 12.1. The minimum absolute atomic E-state index is 0.282. The highest BCUT2D eigenvalue weighted by Crippen LogP contribution is 2.23. The Labute approximate surface area is 105 Å². The number of methoxy groups -OCH3 is 1. The molecule has 0 aliphatic carbocycles. The lowest BCUT2D eigenvalue weighted by Gasteiger charge is -2.01. The zero-order valence-corrected chi connectivity index (χ0v) is 11.7. The second kappa shape index (κ2) is 6.25. The Balaban J connectivity index is 2.59. The molecule has 3 nitrogen and oxygen atoms in total. The van der Waals surface area contributed by atoms with Gasteiger partial charge in [-0.2, -0.15) is 11.8 Å². The largest absolute Gasteiger partial charge is 0.465 e. The molecule has 1 heterocycles. The number of ether oxygens (including phenoxy) is 1. The van der Waals surface area contributed by atoms with Gasteiger partial charge in [0.15, 0.2) is 0 Å². The average Bonchev–Trinajstić information content (AvgIpc) is 2.58. The monoisotopic (exact) mass is 259 g/mol. The third kappa shape index (κ3) is 3.79. The number of esters is 1. The van der Waals surface area contributed by atoms with E-state index in [4.69, 9.17) is 4.74 Å². The molecule has 0 unspecified atom stereocenters. The number of carbonyl (C=O) groups is 1. The van der Waals surface area contributed by atoms with Crippen LogP contribution in [0.2, 0.25) is 0 Å². The maximum Gasteiger partial charge on any atom is 0.349 e. The van der Waals surface area contributed by atoms with Crippen molar-refractivity contribution in [3.05, 3.63) is 15.6 Å². The molecule has 0 aliphatic rings. The summed E-state index contributed by atoms with van der Waals surface area (Å²) in [6.07, 6.45) is 0. The van der Waals surface area contributed by atoms with Gasteiger partial charge < -0.3 is 4.74 Å². The molecule has 1 aromatic rings. The molecule has 0 N–H and O–H groups in total. The van der Waals surface area contributed by atoms with Crippen LogP contribution in [0, 0.1) is 12.8 Å². The van der Waals surface area contributed by atoms with E-state index in [0.29, 0.717) is 10.8 Å². The summed E-state index contributed by atoms with van der Waals surface area (Å²) >= 11 is 3.29. The Morgan fingerprint density at radius 2 is 2.25 bits per heavy atom. The molecular formula is C11H17NO2S2. The fraction of sp³-hybridized carbons (Fsp3) is 0.636. The molecule has 1 rings (SSSR count). The van der Waals surface area contributed by atoms with Gasteiger partial charge in [-0.3, -0.25) is 0 Å². The van der Waals surface area contributed by atoms with Gasteiger partial charge >= 0.3 is 5.97 Å². The van der Waals surface area contributed by atoms with E-state index in [1.807, 2.05) is 18.7 Å². The first-order valence-corrected chi connectivity index (χ1v) is 7.14. The summed E-state index contributed by atoms with van der Waals surface area (Å²) in [5.74, 6) is 2.40. The van der Waals surface area contributed by atoms with E-state index in [1.165, 1.54) is 18.4 Å². The number of thiazole rings is 1. The normalized spacial score (nSPS) is 10.8. The van der Waals surface area contributed by atoms with E-state index in [1.54, 1.807) is 0 Å². The van der Waals surface area contributed by atoms with Crippen molar-refractivity contribution in [2.75, 3.05) is 12.9 Å². The molecule has 5 heteroatoms. The van der Waals surface area contributed by atoms with Gasteiger partial charge in [0.2, 0.25) is 0 Å². The molecule has 0 fully saturated rings. The molecule has 0 saturated heterocycles. The number of aryl methyl sites for hydroxylation is 1. The molecule has 0 aliphatic heterocycles. The Hall–Kier alpha value is -0.550. The van der Waals surface area contributed by atoms with Crippen molar-refractivity contribution >= 4 is 29.1 Å². The first kappa shape index (κ1) is 13.5. The molecule has 0 amide bonds. The van der Waals surface area contributed by atoms with Gasteiger partial charge in [0, 0.05) is 5.75 Å². The first-order valence-electron chi connectivity index (χ1n) is 5.17. The van der Waals surface area contributed by atoms with Crippen LogP contribution in [-0.4, -0.2) is 23.8 Å². The molecule has 0 bridgehead atoms. The predicted molar refractivity (Wildman–Crippen MR) is 69.2 cm³/mol. The van der Waals surface area contributed by atoms with E-state index < -0.39 is 0 Å². The molecule has 0 spiro atoms. The van der Waals surface area contributed by atoms with Crippen LogP contribution in [0.1, 0.15) is 34.2 Å². The standard InChI is InChI=1S/C11H17NO2S2/c1-7(2)5-15-6-9-12-8(3)10(16-9)11(13)14-4/h7H,5-6H2,1-4H3. The molecule has 0 saturated carbocycles. The van der Waals surface area contributed by atoms with Crippen molar-refractivity contribution in [1.82, 2.24) is 4.98 Å². The van der Waals surface area contributed by atoms with E-state index in [0.717, 1.165) is 22.2 Å². The van der Waals surface area contributed by atoms with Crippen LogP contribution < -0.4 is 0 Å². The quantitative estimate of drug-likeness (QED) is 0.762. The van der Waals surface area contributed by atoms with Crippen LogP contribution in [0.5, 0.6) is 0 Å². The lowest BCUT2D eigenvalue weighted by atomic mass is 10.3. The number of hydrogen-bond donors (Lipinski definition) is 0. The van der Waals surface area contributed by atoms with Crippen molar-refractivity contribution in [1.29, 1.82) is 0 Å². The maximum atomic E-state index is 11.4. The molecule has 0 atom stereocenters. The minimum atomic E-state index is -0.282. The number of carbonyl (C=O) groups excluding carboxylic acids is 1. The van der Waals surface area contributed by atoms with E-state index >= 15 is 0 Å². The highest BCUT2D eigenvalue weighted by Gasteiger charge is 2.15. The lowest BCUT2D eigenvalue weighted by molar-refractivity contribution is 0.0605. The molecular weight excluding hydrogens is 242 g/mol. The lowest BCUT2D eigenvalue weighted by Crippen LogP contribution is -1.99. The van der Waals surface area contributed by atoms with Crippen molar-refractivity contribution in [3.8, 4) is 0 Å². The zero-order valence-electron chi connectivity index (χ0n) is 10.1. The van der Waals surface area contributed by atoms with Gasteiger partial charge in [-0.05, 0) is 18.6 Å². The Bertz CT molecular complexity index is 361. The summed E-state index contributed by atoms with van der Waals surface area (Å²) in [5, 5.41) is 1.00. The van der Waals surface area contributed by atoms with Crippen molar-refractivity contribution in [3.63, 3.8) is 0 Å². The summed E-state index contributed by atoms with van der Waals surface area (Å²) in [6.45, 7) is 6.24. The first-order chi connectivity index (χ1) is 7.54. The van der Waals surface area contributed by atoms with Gasteiger partial charge in [-0.25, -0.2) is 9.78 Å². The highest BCUT2D eigenvalue weighted by molar-refractivity contribution is 7.98. The van der Waals surface area contributed by atoms with Gasteiger partial charge in [0.25, 0.3) is 0 Å². The minimum Gasteiger partial charge on any atom is -0.465 e.